The Labute approximate surface area is 124 Å². The van der Waals surface area contributed by atoms with E-state index in [9.17, 15) is 8.78 Å². The average molecular weight is 342 g/mol. The number of hydrogen-bond acceptors (Lipinski definition) is 2. The third kappa shape index (κ3) is 3.35. The van der Waals surface area contributed by atoms with Gasteiger partial charge in [-0.15, -0.1) is 0 Å². The molecule has 0 heterocycles. The highest BCUT2D eigenvalue weighted by Gasteiger charge is 2.13. The number of ether oxygens (including phenoxy) is 1. The van der Waals surface area contributed by atoms with Crippen LogP contribution in [0.25, 0.3) is 0 Å². The zero-order valence-electron chi connectivity index (χ0n) is 11.1. The molecule has 0 saturated carbocycles. The second-order valence-corrected chi connectivity index (χ2v) is 5.55. The van der Waals surface area contributed by atoms with E-state index in [1.807, 2.05) is 0 Å². The zero-order chi connectivity index (χ0) is 14.9. The van der Waals surface area contributed by atoms with Gasteiger partial charge in [0, 0.05) is 22.1 Å². The van der Waals surface area contributed by atoms with E-state index in [-0.39, 0.29) is 5.82 Å². The summed E-state index contributed by atoms with van der Waals surface area (Å²) in [5, 5.41) is 0. The van der Waals surface area contributed by atoms with Crippen LogP contribution in [0.3, 0.4) is 0 Å². The SMILES string of the molecule is Cc1cc(Oc2cc(F)cc(Br)c2)c([C@H](C)N)cc1F. The normalized spacial score (nSPS) is 12.3. The van der Waals surface area contributed by atoms with Crippen LogP contribution in [0, 0.1) is 18.6 Å². The molecule has 2 N–H and O–H groups in total. The Morgan fingerprint density at radius 3 is 2.45 bits per heavy atom. The number of halogens is 3. The maximum atomic E-state index is 13.6. The second kappa shape index (κ2) is 5.89. The summed E-state index contributed by atoms with van der Waals surface area (Å²) < 4.78 is 33.2. The van der Waals surface area contributed by atoms with Crippen LogP contribution in [-0.4, -0.2) is 0 Å². The molecule has 0 aliphatic carbocycles. The molecule has 0 amide bonds. The topological polar surface area (TPSA) is 35.2 Å². The third-order valence-electron chi connectivity index (χ3n) is 2.85. The molecule has 2 nitrogen and oxygen atoms in total. The standard InChI is InChI=1S/C15H14BrF2NO/c1-8-3-15(13(9(2)19)7-14(8)18)20-12-5-10(16)4-11(17)6-12/h3-7,9H,19H2,1-2H3/t9-/m0/s1. The van der Waals surface area contributed by atoms with Crippen LogP contribution in [0.4, 0.5) is 8.78 Å². The largest absolute Gasteiger partial charge is 0.457 e. The minimum absolute atomic E-state index is 0.324. The average Bonchev–Trinajstić information content (AvgIpc) is 2.31. The first-order valence-electron chi connectivity index (χ1n) is 6.06. The quantitative estimate of drug-likeness (QED) is 0.866. The fourth-order valence-corrected chi connectivity index (χ4v) is 2.27. The summed E-state index contributed by atoms with van der Waals surface area (Å²) in [5.74, 6) is -0.0122. The molecule has 0 unspecified atom stereocenters. The van der Waals surface area contributed by atoms with E-state index in [4.69, 9.17) is 10.5 Å². The number of nitrogens with two attached hydrogens (primary N) is 1. The van der Waals surface area contributed by atoms with E-state index in [1.165, 1.54) is 18.2 Å². The van der Waals surface area contributed by atoms with Gasteiger partial charge in [-0.05, 0) is 43.7 Å². The van der Waals surface area contributed by atoms with Gasteiger partial charge in [0.15, 0.2) is 0 Å². The predicted molar refractivity (Wildman–Crippen MR) is 77.9 cm³/mol. The highest BCUT2D eigenvalue weighted by molar-refractivity contribution is 9.10. The summed E-state index contributed by atoms with van der Waals surface area (Å²) in [6, 6.07) is 6.74. The van der Waals surface area contributed by atoms with Crippen molar-refractivity contribution >= 4 is 15.9 Å². The lowest BCUT2D eigenvalue weighted by Crippen LogP contribution is -2.08. The van der Waals surface area contributed by atoms with E-state index < -0.39 is 11.9 Å². The lowest BCUT2D eigenvalue weighted by Gasteiger charge is -2.15. The Kier molecular flexibility index (Phi) is 4.40. The highest BCUT2D eigenvalue weighted by atomic mass is 79.9. The minimum Gasteiger partial charge on any atom is -0.457 e. The Hall–Kier alpha value is -1.46. The van der Waals surface area contributed by atoms with Crippen LogP contribution < -0.4 is 10.5 Å². The van der Waals surface area contributed by atoms with Gasteiger partial charge in [0.25, 0.3) is 0 Å². The molecular weight excluding hydrogens is 328 g/mol. The third-order valence-corrected chi connectivity index (χ3v) is 3.30. The summed E-state index contributed by atoms with van der Waals surface area (Å²) >= 11 is 3.20. The Balaban J connectivity index is 2.44. The number of aryl methyl sites for hydroxylation is 1. The van der Waals surface area contributed by atoms with Crippen LogP contribution in [0.5, 0.6) is 11.5 Å². The molecule has 0 fully saturated rings. The lowest BCUT2D eigenvalue weighted by atomic mass is 10.1. The van der Waals surface area contributed by atoms with Gasteiger partial charge >= 0.3 is 0 Å². The van der Waals surface area contributed by atoms with Gasteiger partial charge in [0.2, 0.25) is 0 Å². The highest BCUT2D eigenvalue weighted by Crippen LogP contribution is 2.32. The second-order valence-electron chi connectivity index (χ2n) is 4.64. The van der Waals surface area contributed by atoms with E-state index in [1.54, 1.807) is 26.0 Å². The number of rotatable bonds is 3. The number of benzene rings is 2. The van der Waals surface area contributed by atoms with Crippen molar-refractivity contribution in [2.45, 2.75) is 19.9 Å². The van der Waals surface area contributed by atoms with Gasteiger partial charge in [-0.25, -0.2) is 8.78 Å². The zero-order valence-corrected chi connectivity index (χ0v) is 12.7. The number of hydrogen-bond donors (Lipinski definition) is 1. The van der Waals surface area contributed by atoms with Crippen molar-refractivity contribution in [2.24, 2.45) is 5.73 Å². The molecule has 106 valence electrons. The van der Waals surface area contributed by atoms with Crippen LogP contribution >= 0.6 is 15.9 Å². The molecule has 2 rings (SSSR count). The molecule has 0 aromatic heterocycles. The van der Waals surface area contributed by atoms with E-state index in [0.717, 1.165) is 0 Å². The summed E-state index contributed by atoms with van der Waals surface area (Å²) in [6.07, 6.45) is 0. The van der Waals surface area contributed by atoms with Crippen molar-refractivity contribution in [1.29, 1.82) is 0 Å². The lowest BCUT2D eigenvalue weighted by molar-refractivity contribution is 0.463. The van der Waals surface area contributed by atoms with Crippen molar-refractivity contribution in [3.8, 4) is 11.5 Å². The van der Waals surface area contributed by atoms with Gasteiger partial charge in [-0.3, -0.25) is 0 Å². The maximum absolute atomic E-state index is 13.6. The van der Waals surface area contributed by atoms with Crippen molar-refractivity contribution in [2.75, 3.05) is 0 Å². The van der Waals surface area contributed by atoms with Gasteiger partial charge in [-0.1, -0.05) is 15.9 Å². The summed E-state index contributed by atoms with van der Waals surface area (Å²) in [4.78, 5) is 0. The van der Waals surface area contributed by atoms with Crippen molar-refractivity contribution in [3.63, 3.8) is 0 Å². The molecular formula is C15H14BrF2NO. The van der Waals surface area contributed by atoms with E-state index in [0.29, 0.717) is 27.1 Å². The van der Waals surface area contributed by atoms with Gasteiger partial charge in [-0.2, -0.15) is 0 Å². The maximum Gasteiger partial charge on any atom is 0.132 e. The molecule has 2 aromatic rings. The molecule has 0 radical (unpaired) electrons. The Morgan fingerprint density at radius 1 is 1.15 bits per heavy atom. The Morgan fingerprint density at radius 2 is 1.85 bits per heavy atom. The van der Waals surface area contributed by atoms with Gasteiger partial charge in [0.05, 0.1) is 0 Å². The van der Waals surface area contributed by atoms with E-state index in [2.05, 4.69) is 15.9 Å². The fourth-order valence-electron chi connectivity index (χ4n) is 1.83. The monoisotopic (exact) mass is 341 g/mol. The molecule has 5 heteroatoms. The van der Waals surface area contributed by atoms with Crippen molar-refractivity contribution in [1.82, 2.24) is 0 Å². The molecule has 20 heavy (non-hydrogen) atoms. The van der Waals surface area contributed by atoms with Crippen LogP contribution in [-0.2, 0) is 0 Å². The van der Waals surface area contributed by atoms with Crippen LogP contribution in [0.15, 0.2) is 34.8 Å². The first-order chi connectivity index (χ1) is 9.36. The summed E-state index contributed by atoms with van der Waals surface area (Å²) in [7, 11) is 0. The smallest absolute Gasteiger partial charge is 0.132 e. The van der Waals surface area contributed by atoms with Crippen LogP contribution in [0.2, 0.25) is 0 Å². The predicted octanol–water partition coefficient (Wildman–Crippen LogP) is 4.85. The first-order valence-corrected chi connectivity index (χ1v) is 6.85. The molecule has 2 aromatic carbocycles. The molecule has 0 saturated heterocycles. The molecule has 0 aliphatic rings. The van der Waals surface area contributed by atoms with Crippen molar-refractivity contribution in [3.05, 3.63) is 57.6 Å². The van der Waals surface area contributed by atoms with Crippen LogP contribution in [0.1, 0.15) is 24.1 Å². The van der Waals surface area contributed by atoms with Gasteiger partial charge < -0.3 is 10.5 Å². The van der Waals surface area contributed by atoms with Gasteiger partial charge in [0.1, 0.15) is 23.1 Å². The van der Waals surface area contributed by atoms with Crippen molar-refractivity contribution < 1.29 is 13.5 Å². The fraction of sp³-hybridized carbons (Fsp3) is 0.200. The Bertz CT molecular complexity index is 624. The first kappa shape index (κ1) is 14.9. The molecule has 0 spiro atoms. The molecule has 1 atom stereocenters. The summed E-state index contributed by atoms with van der Waals surface area (Å²) in [6.45, 7) is 3.37. The summed E-state index contributed by atoms with van der Waals surface area (Å²) in [5.41, 5.74) is 6.80. The van der Waals surface area contributed by atoms with E-state index >= 15 is 0 Å². The molecule has 0 aliphatic heterocycles. The molecule has 0 bridgehead atoms. The minimum atomic E-state index is -0.421.